The number of carbonyl (C=O) groups is 1. The van der Waals surface area contributed by atoms with Gasteiger partial charge in [-0.25, -0.2) is 0 Å². The Bertz CT molecular complexity index is 1030. The molecule has 1 aromatic rings. The Morgan fingerprint density at radius 3 is 2.47 bits per heavy atom. The van der Waals surface area contributed by atoms with Crippen molar-refractivity contribution < 1.29 is 24.9 Å². The number of Topliss-reactive ketones (excluding diaryl/α,β-unsaturated/α-hetero) is 1. The van der Waals surface area contributed by atoms with Crippen LogP contribution in [0.3, 0.4) is 0 Å². The Labute approximate surface area is 190 Å². The zero-order valence-corrected chi connectivity index (χ0v) is 20.1. The molecule has 3 aliphatic rings. The number of phenols is 1. The van der Waals surface area contributed by atoms with Gasteiger partial charge in [-0.3, -0.25) is 4.79 Å². The van der Waals surface area contributed by atoms with E-state index in [0.29, 0.717) is 25.7 Å². The number of phenolic OH excluding ortho intramolecular Hbond substituents is 1. The molecule has 32 heavy (non-hydrogen) atoms. The highest BCUT2D eigenvalue weighted by Crippen LogP contribution is 2.69. The lowest BCUT2D eigenvalue weighted by Crippen LogP contribution is -2.44. The van der Waals surface area contributed by atoms with Gasteiger partial charge in [-0.05, 0) is 73.3 Å². The maximum Gasteiger partial charge on any atom is 0.137 e. The normalized spacial score (nSPS) is 35.2. The van der Waals surface area contributed by atoms with Crippen LogP contribution in [0.1, 0.15) is 71.4 Å². The summed E-state index contributed by atoms with van der Waals surface area (Å²) in [5, 5.41) is 30.9. The molecule has 5 heteroatoms. The standard InChI is InChI=1S/C27H36O5/c1-16-9-18(28)10-17-7-8-26(5,32-23(16)17)13-20(30)12-25(4)15-21-22(31)11-19(29)14-27(25,6)24(21,2)3/h9-11,14,21,28-29,31H,7-8,12-13,15H2,1-6H3/t21?,25-,26-,27?/m0/s1. The summed E-state index contributed by atoms with van der Waals surface area (Å²) in [5.41, 5.74) is 0.0970. The molecule has 2 aliphatic carbocycles. The van der Waals surface area contributed by atoms with Crippen molar-refractivity contribution in [1.82, 2.24) is 0 Å². The zero-order valence-electron chi connectivity index (χ0n) is 20.1. The Hall–Kier alpha value is -2.43. The van der Waals surface area contributed by atoms with Crippen LogP contribution in [0.5, 0.6) is 11.5 Å². The van der Waals surface area contributed by atoms with Gasteiger partial charge in [0.2, 0.25) is 0 Å². The number of aryl methyl sites for hydroxylation is 2. The van der Waals surface area contributed by atoms with Crippen LogP contribution in [0.2, 0.25) is 0 Å². The van der Waals surface area contributed by atoms with Gasteiger partial charge < -0.3 is 20.1 Å². The first-order chi connectivity index (χ1) is 14.7. The number of carbonyl (C=O) groups excluding carboxylic acids is 1. The summed E-state index contributed by atoms with van der Waals surface area (Å²) in [6.07, 6.45) is 6.12. The smallest absolute Gasteiger partial charge is 0.137 e. The third-order valence-corrected chi connectivity index (χ3v) is 8.97. The molecule has 4 rings (SSSR count). The van der Waals surface area contributed by atoms with Gasteiger partial charge >= 0.3 is 0 Å². The minimum Gasteiger partial charge on any atom is -0.512 e. The zero-order chi connectivity index (χ0) is 23.7. The molecule has 0 aromatic heterocycles. The van der Waals surface area contributed by atoms with E-state index in [1.165, 1.54) is 6.08 Å². The minimum absolute atomic E-state index is 0.0665. The lowest BCUT2D eigenvalue weighted by Gasteiger charge is -2.47. The Balaban J connectivity index is 1.56. The fourth-order valence-electron chi connectivity index (χ4n) is 6.63. The monoisotopic (exact) mass is 440 g/mol. The third kappa shape index (κ3) is 3.32. The van der Waals surface area contributed by atoms with Crippen LogP contribution in [-0.2, 0) is 11.2 Å². The van der Waals surface area contributed by atoms with Gasteiger partial charge in [-0.1, -0.05) is 27.7 Å². The molecule has 0 spiro atoms. The summed E-state index contributed by atoms with van der Waals surface area (Å²) >= 11 is 0. The van der Waals surface area contributed by atoms with E-state index in [1.807, 2.05) is 19.9 Å². The summed E-state index contributed by atoms with van der Waals surface area (Å²) in [6, 6.07) is 3.44. The average molecular weight is 441 g/mol. The molecule has 1 heterocycles. The predicted molar refractivity (Wildman–Crippen MR) is 124 cm³/mol. The van der Waals surface area contributed by atoms with Crippen LogP contribution in [0.15, 0.2) is 35.8 Å². The van der Waals surface area contributed by atoms with Crippen LogP contribution in [-0.4, -0.2) is 26.7 Å². The number of ketones is 1. The Morgan fingerprint density at radius 1 is 1.09 bits per heavy atom. The molecular formula is C27H36O5. The average Bonchev–Trinajstić information content (AvgIpc) is 2.75. The third-order valence-electron chi connectivity index (χ3n) is 8.97. The predicted octanol–water partition coefficient (Wildman–Crippen LogP) is 6.09. The summed E-state index contributed by atoms with van der Waals surface area (Å²) in [6.45, 7) is 12.4. The molecule has 1 saturated carbocycles. The highest BCUT2D eigenvalue weighted by Gasteiger charge is 2.64. The second-order valence-corrected chi connectivity index (χ2v) is 11.6. The van der Waals surface area contributed by atoms with E-state index in [9.17, 15) is 20.1 Å². The lowest BCUT2D eigenvalue weighted by molar-refractivity contribution is -0.127. The van der Waals surface area contributed by atoms with Crippen molar-refractivity contribution >= 4 is 5.78 Å². The van der Waals surface area contributed by atoms with E-state index in [-0.39, 0.29) is 34.4 Å². The Morgan fingerprint density at radius 2 is 1.78 bits per heavy atom. The summed E-state index contributed by atoms with van der Waals surface area (Å²) in [4.78, 5) is 13.4. The van der Waals surface area contributed by atoms with E-state index in [1.54, 1.807) is 12.1 Å². The number of fused-ring (bicyclic) bond motifs is 3. The van der Waals surface area contributed by atoms with Crippen molar-refractivity contribution in [3.63, 3.8) is 0 Å². The molecule has 3 N–H and O–H groups in total. The SMILES string of the molecule is Cc1cc(O)cc2c1O[C@](C)(CC(=O)C[C@@]1(C)CC3C(O)=CC(O)=CC1(C)C3(C)C)CC2. The van der Waals surface area contributed by atoms with Crippen molar-refractivity contribution in [3.05, 3.63) is 46.9 Å². The number of hydrogen-bond donors (Lipinski definition) is 3. The van der Waals surface area contributed by atoms with Crippen LogP contribution in [0.4, 0.5) is 0 Å². The molecule has 2 unspecified atom stereocenters. The maximum absolute atomic E-state index is 13.4. The van der Waals surface area contributed by atoms with Crippen LogP contribution < -0.4 is 4.74 Å². The van der Waals surface area contributed by atoms with E-state index in [4.69, 9.17) is 4.74 Å². The molecule has 2 bridgehead atoms. The molecule has 0 amide bonds. The van der Waals surface area contributed by atoms with Gasteiger partial charge in [0.15, 0.2) is 0 Å². The molecular weight excluding hydrogens is 404 g/mol. The Kier molecular flexibility index (Phi) is 5.00. The van der Waals surface area contributed by atoms with Crippen molar-refractivity contribution in [1.29, 1.82) is 0 Å². The number of aromatic hydroxyl groups is 1. The van der Waals surface area contributed by atoms with Crippen LogP contribution >= 0.6 is 0 Å². The second kappa shape index (κ2) is 7.03. The number of benzene rings is 1. The molecule has 174 valence electrons. The fourth-order valence-corrected chi connectivity index (χ4v) is 6.63. The van der Waals surface area contributed by atoms with Crippen LogP contribution in [0.25, 0.3) is 0 Å². The van der Waals surface area contributed by atoms with Gasteiger partial charge in [-0.2, -0.15) is 0 Å². The van der Waals surface area contributed by atoms with E-state index in [2.05, 4.69) is 27.7 Å². The fraction of sp³-hybridized carbons (Fsp3) is 0.593. The maximum atomic E-state index is 13.4. The first-order valence-corrected chi connectivity index (χ1v) is 11.6. The van der Waals surface area contributed by atoms with E-state index in [0.717, 1.165) is 23.3 Å². The largest absolute Gasteiger partial charge is 0.512 e. The van der Waals surface area contributed by atoms with Gasteiger partial charge in [0.05, 0.1) is 5.76 Å². The van der Waals surface area contributed by atoms with Gasteiger partial charge in [0, 0.05) is 30.3 Å². The first-order valence-electron chi connectivity index (χ1n) is 11.6. The number of aliphatic hydroxyl groups excluding tert-OH is 2. The number of ether oxygens (including phenoxy) is 1. The molecule has 1 aromatic carbocycles. The molecule has 5 nitrogen and oxygen atoms in total. The van der Waals surface area contributed by atoms with Crippen molar-refractivity contribution in [2.24, 2.45) is 22.2 Å². The lowest BCUT2D eigenvalue weighted by atomic mass is 9.56. The minimum atomic E-state index is -0.594. The van der Waals surface area contributed by atoms with E-state index >= 15 is 0 Å². The van der Waals surface area contributed by atoms with Crippen molar-refractivity contribution in [3.8, 4) is 11.5 Å². The topological polar surface area (TPSA) is 87.0 Å². The van der Waals surface area contributed by atoms with Crippen molar-refractivity contribution in [2.75, 3.05) is 0 Å². The summed E-state index contributed by atoms with van der Waals surface area (Å²) < 4.78 is 6.35. The molecule has 1 aliphatic heterocycles. The quantitative estimate of drug-likeness (QED) is 0.527. The number of hydrogen-bond acceptors (Lipinski definition) is 5. The summed E-state index contributed by atoms with van der Waals surface area (Å²) in [7, 11) is 0. The van der Waals surface area contributed by atoms with Crippen LogP contribution in [0, 0.1) is 29.1 Å². The number of allylic oxidation sites excluding steroid dienone is 3. The van der Waals surface area contributed by atoms with Gasteiger partial charge in [0.1, 0.15) is 28.6 Å². The summed E-state index contributed by atoms with van der Waals surface area (Å²) in [5.74, 6) is 1.30. The first kappa shape index (κ1) is 22.8. The second-order valence-electron chi connectivity index (χ2n) is 11.6. The van der Waals surface area contributed by atoms with Gasteiger partial charge in [-0.15, -0.1) is 0 Å². The molecule has 4 atom stereocenters. The number of aliphatic hydroxyl groups is 2. The highest BCUT2D eigenvalue weighted by molar-refractivity contribution is 5.80. The highest BCUT2D eigenvalue weighted by atomic mass is 16.5. The number of rotatable bonds is 4. The van der Waals surface area contributed by atoms with E-state index < -0.39 is 16.4 Å². The van der Waals surface area contributed by atoms with Gasteiger partial charge in [0.25, 0.3) is 0 Å². The molecule has 1 fully saturated rings. The van der Waals surface area contributed by atoms with Crippen molar-refractivity contribution in [2.45, 2.75) is 79.2 Å². The molecule has 0 radical (unpaired) electrons. The molecule has 0 saturated heterocycles.